The molecule has 2 heteroatoms. The molecule has 0 saturated carbocycles. The maximum Gasteiger partial charge on any atom is 0.0335 e. The number of aromatic nitrogens is 1. The van der Waals surface area contributed by atoms with E-state index in [1.807, 2.05) is 0 Å². The fourth-order valence-electron chi connectivity index (χ4n) is 2.72. The minimum Gasteiger partial charge on any atom is -0.354 e. The second-order valence-corrected chi connectivity index (χ2v) is 5.83. The topological polar surface area (TPSA) is 17.0 Å². The van der Waals surface area contributed by atoms with Gasteiger partial charge in [0.15, 0.2) is 0 Å². The van der Waals surface area contributed by atoms with Crippen molar-refractivity contribution in [2.75, 3.05) is 6.54 Å². The Morgan fingerprint density at radius 3 is 2.47 bits per heavy atom. The molecule has 0 aliphatic carbocycles. The summed E-state index contributed by atoms with van der Waals surface area (Å²) in [6.45, 7) is 11.4. The van der Waals surface area contributed by atoms with E-state index < -0.39 is 0 Å². The summed E-state index contributed by atoms with van der Waals surface area (Å²) in [6.07, 6.45) is 10.9. The fraction of sp³-hybridized carbons (Fsp3) is 0.765. The van der Waals surface area contributed by atoms with Crippen molar-refractivity contribution in [3.63, 3.8) is 0 Å². The van der Waals surface area contributed by atoms with Crippen molar-refractivity contribution >= 4 is 0 Å². The van der Waals surface area contributed by atoms with Gasteiger partial charge in [0, 0.05) is 25.0 Å². The van der Waals surface area contributed by atoms with Gasteiger partial charge in [0.1, 0.15) is 0 Å². The molecule has 0 aliphatic rings. The molecule has 1 aromatic heterocycles. The predicted molar refractivity (Wildman–Crippen MR) is 84.4 cm³/mol. The van der Waals surface area contributed by atoms with Gasteiger partial charge in [-0.15, -0.1) is 0 Å². The summed E-state index contributed by atoms with van der Waals surface area (Å²) in [5.41, 5.74) is 1.46. The summed E-state index contributed by atoms with van der Waals surface area (Å²) < 4.78 is 2.37. The van der Waals surface area contributed by atoms with Crippen LogP contribution >= 0.6 is 0 Å². The van der Waals surface area contributed by atoms with E-state index in [4.69, 9.17) is 0 Å². The highest BCUT2D eigenvalue weighted by Crippen LogP contribution is 2.20. The maximum absolute atomic E-state index is 3.67. The first-order valence-electron chi connectivity index (χ1n) is 8.10. The van der Waals surface area contributed by atoms with Gasteiger partial charge >= 0.3 is 0 Å². The Labute approximate surface area is 119 Å². The normalized spacial score (nSPS) is 14.5. The zero-order chi connectivity index (χ0) is 14.1. The Kier molecular flexibility index (Phi) is 7.88. The smallest absolute Gasteiger partial charge is 0.0335 e. The molecule has 0 bridgehead atoms. The first-order chi connectivity index (χ1) is 9.21. The third-order valence-electron chi connectivity index (χ3n) is 3.70. The second-order valence-electron chi connectivity index (χ2n) is 5.83. The third-order valence-corrected chi connectivity index (χ3v) is 3.70. The standard InChI is InChI=1S/C17H32N2/c1-5-8-15(4)13-19-12-10-16(14-19)17(9-6-2)18-11-7-3/h10,12,14-15,17-18H,5-9,11,13H2,1-4H3. The van der Waals surface area contributed by atoms with E-state index in [1.165, 1.54) is 37.7 Å². The number of rotatable bonds is 10. The molecule has 19 heavy (non-hydrogen) atoms. The first kappa shape index (κ1) is 16.3. The van der Waals surface area contributed by atoms with Gasteiger partial charge < -0.3 is 9.88 Å². The van der Waals surface area contributed by atoms with Crippen LogP contribution in [0, 0.1) is 5.92 Å². The van der Waals surface area contributed by atoms with Gasteiger partial charge in [0.05, 0.1) is 0 Å². The number of hydrogen-bond acceptors (Lipinski definition) is 1. The molecule has 0 saturated heterocycles. The third kappa shape index (κ3) is 5.82. The lowest BCUT2D eigenvalue weighted by atomic mass is 10.1. The molecule has 1 rings (SSSR count). The lowest BCUT2D eigenvalue weighted by Gasteiger charge is -2.17. The van der Waals surface area contributed by atoms with Gasteiger partial charge in [0.2, 0.25) is 0 Å². The van der Waals surface area contributed by atoms with Crippen LogP contribution in [0.2, 0.25) is 0 Å². The van der Waals surface area contributed by atoms with E-state index in [0.717, 1.165) is 19.0 Å². The quantitative estimate of drug-likeness (QED) is 0.644. The van der Waals surface area contributed by atoms with Gasteiger partial charge in [-0.05, 0) is 43.4 Å². The molecule has 0 aromatic carbocycles. The SMILES string of the molecule is CCCNC(CCC)c1ccn(CC(C)CCC)c1. The van der Waals surface area contributed by atoms with Crippen LogP contribution in [0.25, 0.3) is 0 Å². The molecule has 0 radical (unpaired) electrons. The Hall–Kier alpha value is -0.760. The summed E-state index contributed by atoms with van der Waals surface area (Å²) in [4.78, 5) is 0. The van der Waals surface area contributed by atoms with Crippen LogP contribution in [0.5, 0.6) is 0 Å². The highest BCUT2D eigenvalue weighted by Gasteiger charge is 2.11. The molecule has 1 N–H and O–H groups in total. The summed E-state index contributed by atoms with van der Waals surface area (Å²) >= 11 is 0. The number of nitrogens with one attached hydrogen (secondary N) is 1. The average molecular weight is 264 g/mol. The molecule has 0 amide bonds. The largest absolute Gasteiger partial charge is 0.354 e. The highest BCUT2D eigenvalue weighted by atomic mass is 15.0. The molecule has 2 nitrogen and oxygen atoms in total. The van der Waals surface area contributed by atoms with Crippen molar-refractivity contribution in [3.05, 3.63) is 24.0 Å². The number of nitrogens with zero attached hydrogens (tertiary/aromatic N) is 1. The Bertz CT molecular complexity index is 330. The fourth-order valence-corrected chi connectivity index (χ4v) is 2.72. The van der Waals surface area contributed by atoms with Crippen molar-refractivity contribution in [2.24, 2.45) is 5.92 Å². The van der Waals surface area contributed by atoms with E-state index in [-0.39, 0.29) is 0 Å². The molecule has 2 atom stereocenters. The molecular weight excluding hydrogens is 232 g/mol. The van der Waals surface area contributed by atoms with E-state index >= 15 is 0 Å². The Morgan fingerprint density at radius 1 is 1.11 bits per heavy atom. The molecule has 1 aromatic rings. The van der Waals surface area contributed by atoms with Crippen molar-refractivity contribution in [2.45, 2.75) is 72.4 Å². The molecular formula is C17H32N2. The summed E-state index contributed by atoms with van der Waals surface area (Å²) in [7, 11) is 0. The molecule has 0 spiro atoms. The van der Waals surface area contributed by atoms with Crippen LogP contribution < -0.4 is 5.32 Å². The van der Waals surface area contributed by atoms with Gasteiger partial charge in [-0.3, -0.25) is 0 Å². The minimum atomic E-state index is 0.535. The van der Waals surface area contributed by atoms with Crippen LogP contribution in [0.15, 0.2) is 18.5 Å². The molecule has 110 valence electrons. The van der Waals surface area contributed by atoms with Crippen LogP contribution in [-0.4, -0.2) is 11.1 Å². The van der Waals surface area contributed by atoms with E-state index in [2.05, 4.69) is 56.0 Å². The van der Waals surface area contributed by atoms with E-state index in [1.54, 1.807) is 0 Å². The van der Waals surface area contributed by atoms with Crippen molar-refractivity contribution in [1.82, 2.24) is 9.88 Å². The average Bonchev–Trinajstić information content (AvgIpc) is 2.83. The summed E-state index contributed by atoms with van der Waals surface area (Å²) in [5, 5.41) is 3.67. The van der Waals surface area contributed by atoms with Crippen LogP contribution in [0.1, 0.15) is 71.4 Å². The molecule has 1 heterocycles. The van der Waals surface area contributed by atoms with E-state index in [9.17, 15) is 0 Å². The van der Waals surface area contributed by atoms with E-state index in [0.29, 0.717) is 6.04 Å². The second kappa shape index (κ2) is 9.19. The van der Waals surface area contributed by atoms with Crippen molar-refractivity contribution < 1.29 is 0 Å². The van der Waals surface area contributed by atoms with Crippen LogP contribution in [0.4, 0.5) is 0 Å². The lowest BCUT2D eigenvalue weighted by Crippen LogP contribution is -2.21. The van der Waals surface area contributed by atoms with Gasteiger partial charge in [-0.25, -0.2) is 0 Å². The van der Waals surface area contributed by atoms with Crippen molar-refractivity contribution in [3.8, 4) is 0 Å². The highest BCUT2D eigenvalue weighted by molar-refractivity contribution is 5.15. The van der Waals surface area contributed by atoms with Crippen LogP contribution in [-0.2, 0) is 6.54 Å². The molecule has 0 aliphatic heterocycles. The zero-order valence-corrected chi connectivity index (χ0v) is 13.3. The predicted octanol–water partition coefficient (Wildman–Crippen LogP) is 4.77. The summed E-state index contributed by atoms with van der Waals surface area (Å²) in [5.74, 6) is 0.776. The van der Waals surface area contributed by atoms with Gasteiger partial charge in [-0.2, -0.15) is 0 Å². The Balaban J connectivity index is 2.58. The molecule has 2 unspecified atom stereocenters. The van der Waals surface area contributed by atoms with Gasteiger partial charge in [-0.1, -0.05) is 40.5 Å². The van der Waals surface area contributed by atoms with Crippen molar-refractivity contribution in [1.29, 1.82) is 0 Å². The lowest BCUT2D eigenvalue weighted by molar-refractivity contribution is 0.444. The van der Waals surface area contributed by atoms with Crippen LogP contribution in [0.3, 0.4) is 0 Å². The minimum absolute atomic E-state index is 0.535. The van der Waals surface area contributed by atoms with Gasteiger partial charge in [0.25, 0.3) is 0 Å². The monoisotopic (exact) mass is 264 g/mol. The first-order valence-corrected chi connectivity index (χ1v) is 8.10. The number of hydrogen-bond donors (Lipinski definition) is 1. The maximum atomic E-state index is 3.67. The molecule has 0 fully saturated rings. The Morgan fingerprint density at radius 2 is 1.84 bits per heavy atom. The zero-order valence-electron chi connectivity index (χ0n) is 13.3. The summed E-state index contributed by atoms with van der Waals surface area (Å²) in [6, 6.07) is 2.83.